The molecule has 35 heavy (non-hydrogen) atoms. The highest BCUT2D eigenvalue weighted by Gasteiger charge is 2.28. The lowest BCUT2D eigenvalue weighted by Gasteiger charge is -2.31. The van der Waals surface area contributed by atoms with Crippen LogP contribution in [0, 0.1) is 0 Å². The van der Waals surface area contributed by atoms with Gasteiger partial charge in [-0.3, -0.25) is 9.36 Å². The molecular weight excluding hydrogens is 505 g/mol. The number of ether oxygens (including phenoxy) is 2. The molecule has 180 valence electrons. The smallest absolute Gasteiger partial charge is 0.268 e. The number of benzene rings is 2. The maximum Gasteiger partial charge on any atom is 0.268 e. The molecule has 0 unspecified atom stereocenters. The Morgan fingerprint density at radius 3 is 2.57 bits per heavy atom. The van der Waals surface area contributed by atoms with Crippen LogP contribution in [-0.2, 0) is 23.5 Å². The summed E-state index contributed by atoms with van der Waals surface area (Å²) in [5.41, 5.74) is 3.45. The van der Waals surface area contributed by atoms with Crippen LogP contribution in [0.25, 0.3) is 16.7 Å². The molecule has 1 aliphatic rings. The molecule has 5 rings (SSSR count). The first-order valence-corrected chi connectivity index (χ1v) is 12.8. The predicted octanol–water partition coefficient (Wildman–Crippen LogP) is 6.24. The molecule has 0 bridgehead atoms. The van der Waals surface area contributed by atoms with E-state index in [1.54, 1.807) is 17.7 Å². The molecule has 0 aliphatic carbocycles. The van der Waals surface area contributed by atoms with Gasteiger partial charge < -0.3 is 9.47 Å². The molecule has 0 saturated carbocycles. The lowest BCUT2D eigenvalue weighted by molar-refractivity contribution is -0.0411. The Bertz CT molecular complexity index is 1490. The highest BCUT2D eigenvalue weighted by molar-refractivity contribution is 7.98. The zero-order valence-corrected chi connectivity index (χ0v) is 21.8. The van der Waals surface area contributed by atoms with Crippen molar-refractivity contribution in [3.8, 4) is 11.4 Å². The summed E-state index contributed by atoms with van der Waals surface area (Å²) < 4.78 is 12.8. The molecule has 0 radical (unpaired) electrons. The van der Waals surface area contributed by atoms with Crippen molar-refractivity contribution in [3.05, 3.63) is 85.8 Å². The van der Waals surface area contributed by atoms with Gasteiger partial charge in [-0.1, -0.05) is 41.0 Å². The minimum absolute atomic E-state index is 0.183. The first kappa shape index (κ1) is 24.1. The Kier molecular flexibility index (Phi) is 6.53. The lowest BCUT2D eigenvalue weighted by Crippen LogP contribution is -2.33. The number of rotatable bonds is 5. The number of hydrogen-bond acceptors (Lipinski definition) is 6. The van der Waals surface area contributed by atoms with Crippen LogP contribution in [-0.4, -0.2) is 27.2 Å². The van der Waals surface area contributed by atoms with Gasteiger partial charge in [-0.05, 0) is 61.9 Å². The third-order valence-electron chi connectivity index (χ3n) is 5.89. The van der Waals surface area contributed by atoms with E-state index < -0.39 is 0 Å². The van der Waals surface area contributed by atoms with E-state index in [0.29, 0.717) is 56.5 Å². The van der Waals surface area contributed by atoms with Crippen LogP contribution in [0.3, 0.4) is 0 Å². The van der Waals surface area contributed by atoms with Gasteiger partial charge in [0.1, 0.15) is 5.75 Å². The van der Waals surface area contributed by atoms with Gasteiger partial charge in [0.15, 0.2) is 10.8 Å². The minimum atomic E-state index is -0.308. The van der Waals surface area contributed by atoms with E-state index in [0.717, 1.165) is 16.8 Å². The van der Waals surface area contributed by atoms with E-state index >= 15 is 0 Å². The van der Waals surface area contributed by atoms with Gasteiger partial charge in [-0.25, -0.2) is 9.97 Å². The number of aromatic nitrogens is 3. The van der Waals surface area contributed by atoms with Crippen molar-refractivity contribution >= 4 is 46.0 Å². The highest BCUT2D eigenvalue weighted by atomic mass is 35.5. The number of nitrogens with zero attached hydrogens (tertiary/aromatic N) is 3. The number of pyridine rings is 1. The molecule has 0 atom stereocenters. The van der Waals surface area contributed by atoms with Crippen molar-refractivity contribution in [2.24, 2.45) is 0 Å². The first-order chi connectivity index (χ1) is 16.7. The number of halogens is 2. The number of thioether (sulfide) groups is 1. The van der Waals surface area contributed by atoms with Crippen molar-refractivity contribution in [2.45, 2.75) is 43.4 Å². The zero-order valence-electron chi connectivity index (χ0n) is 19.5. The van der Waals surface area contributed by atoms with Crippen molar-refractivity contribution in [2.75, 3.05) is 7.11 Å². The van der Waals surface area contributed by atoms with E-state index in [1.807, 2.05) is 56.3 Å². The van der Waals surface area contributed by atoms with Gasteiger partial charge in [-0.15, -0.1) is 0 Å². The molecule has 3 heterocycles. The monoisotopic (exact) mass is 527 g/mol. The second-order valence-electron chi connectivity index (χ2n) is 8.96. The average molecular weight is 528 g/mol. The number of fused-ring (bicyclic) bond motifs is 2. The summed E-state index contributed by atoms with van der Waals surface area (Å²) in [6.45, 7) is 4.49. The van der Waals surface area contributed by atoms with Crippen molar-refractivity contribution in [1.29, 1.82) is 0 Å². The van der Waals surface area contributed by atoms with Crippen LogP contribution in [0.15, 0.2) is 58.5 Å². The quantitative estimate of drug-likeness (QED) is 0.226. The Balaban J connectivity index is 1.63. The largest absolute Gasteiger partial charge is 0.497 e. The Hall–Kier alpha value is -2.58. The molecule has 0 amide bonds. The van der Waals surface area contributed by atoms with Gasteiger partial charge in [-0.2, -0.15) is 0 Å². The van der Waals surface area contributed by atoms with Crippen molar-refractivity contribution in [3.63, 3.8) is 0 Å². The molecular formula is C26H23Cl2N3O3S. The molecule has 2 aromatic carbocycles. The molecule has 0 N–H and O–H groups in total. The molecule has 2 aromatic heterocycles. The topological polar surface area (TPSA) is 66.2 Å². The zero-order chi connectivity index (χ0) is 24.7. The summed E-state index contributed by atoms with van der Waals surface area (Å²) in [6.07, 6.45) is 0.660. The Morgan fingerprint density at radius 2 is 1.86 bits per heavy atom. The second kappa shape index (κ2) is 9.47. The Labute approximate surface area is 217 Å². The normalized spacial score (nSPS) is 14.7. The maximum absolute atomic E-state index is 13.8. The molecule has 1 aliphatic heterocycles. The highest BCUT2D eigenvalue weighted by Crippen LogP contribution is 2.31. The van der Waals surface area contributed by atoms with Crippen molar-refractivity contribution < 1.29 is 9.47 Å². The van der Waals surface area contributed by atoms with Crippen LogP contribution in [0.2, 0.25) is 10.0 Å². The van der Waals surface area contributed by atoms with E-state index in [1.165, 1.54) is 11.8 Å². The molecule has 9 heteroatoms. The summed E-state index contributed by atoms with van der Waals surface area (Å²) in [6, 6.07) is 14.7. The molecule has 0 fully saturated rings. The third-order valence-corrected chi connectivity index (χ3v) is 7.64. The SMILES string of the molecule is COc1ccc(-n2c(SCc3ccc(Cl)c(Cl)c3)nc3nc4c(cc3c2=O)COC(C)(C)C4)cc1. The van der Waals surface area contributed by atoms with Crippen LogP contribution in [0.4, 0.5) is 0 Å². The van der Waals surface area contributed by atoms with Crippen LogP contribution in [0.1, 0.15) is 30.7 Å². The van der Waals surface area contributed by atoms with Crippen LogP contribution >= 0.6 is 35.0 Å². The van der Waals surface area contributed by atoms with Gasteiger partial charge in [0, 0.05) is 17.7 Å². The molecule has 0 saturated heterocycles. The van der Waals surface area contributed by atoms with Crippen LogP contribution < -0.4 is 10.3 Å². The summed E-state index contributed by atoms with van der Waals surface area (Å²) >= 11 is 13.7. The standard InChI is InChI=1S/C26H23Cl2N3O3S/c1-26(2)12-22-16(13-34-26)11-19-23(29-22)30-25(35-14-15-4-9-20(27)21(28)10-15)31(24(19)32)17-5-7-18(33-3)8-6-17/h4-11H,12-14H2,1-3H3. The summed E-state index contributed by atoms with van der Waals surface area (Å²) in [5.74, 6) is 1.26. The predicted molar refractivity (Wildman–Crippen MR) is 140 cm³/mol. The first-order valence-electron chi connectivity index (χ1n) is 11.0. The third kappa shape index (κ3) is 4.91. The number of hydrogen-bond donors (Lipinski definition) is 0. The molecule has 0 spiro atoms. The van der Waals surface area contributed by atoms with Gasteiger partial charge in [0.2, 0.25) is 0 Å². The fourth-order valence-electron chi connectivity index (χ4n) is 4.01. The maximum atomic E-state index is 13.8. The minimum Gasteiger partial charge on any atom is -0.497 e. The lowest BCUT2D eigenvalue weighted by atomic mass is 9.95. The summed E-state index contributed by atoms with van der Waals surface area (Å²) in [4.78, 5) is 23.4. The summed E-state index contributed by atoms with van der Waals surface area (Å²) in [7, 11) is 1.61. The fraction of sp³-hybridized carbons (Fsp3) is 0.269. The Morgan fingerprint density at radius 1 is 1.09 bits per heavy atom. The number of methoxy groups -OCH3 is 1. The van der Waals surface area contributed by atoms with E-state index in [-0.39, 0.29) is 11.2 Å². The van der Waals surface area contributed by atoms with Gasteiger partial charge in [0.05, 0.1) is 46.1 Å². The fourth-order valence-corrected chi connectivity index (χ4v) is 5.28. The van der Waals surface area contributed by atoms with E-state index in [2.05, 4.69) is 0 Å². The van der Waals surface area contributed by atoms with Crippen molar-refractivity contribution in [1.82, 2.24) is 14.5 Å². The van der Waals surface area contributed by atoms with Gasteiger partial charge in [0.25, 0.3) is 5.56 Å². The van der Waals surface area contributed by atoms with E-state index in [4.69, 9.17) is 42.6 Å². The molecule has 4 aromatic rings. The van der Waals surface area contributed by atoms with E-state index in [9.17, 15) is 4.79 Å². The second-order valence-corrected chi connectivity index (χ2v) is 10.7. The average Bonchev–Trinajstić information content (AvgIpc) is 2.83. The summed E-state index contributed by atoms with van der Waals surface area (Å²) in [5, 5.41) is 1.99. The van der Waals surface area contributed by atoms with Gasteiger partial charge >= 0.3 is 0 Å². The molecule has 6 nitrogen and oxygen atoms in total. The van der Waals surface area contributed by atoms with Crippen LogP contribution in [0.5, 0.6) is 5.75 Å².